The Morgan fingerprint density at radius 2 is 2.09 bits per heavy atom. The maximum absolute atomic E-state index is 13.4. The van der Waals surface area contributed by atoms with Gasteiger partial charge in [-0.1, -0.05) is 59.8 Å². The molecule has 0 aliphatic carbocycles. The lowest BCUT2D eigenvalue weighted by atomic mass is 10.1. The van der Waals surface area contributed by atoms with Crippen molar-refractivity contribution in [3.05, 3.63) is 81.4 Å². The van der Waals surface area contributed by atoms with Gasteiger partial charge in [0.15, 0.2) is 5.16 Å². The number of benzene rings is 2. The highest BCUT2D eigenvalue weighted by Crippen LogP contribution is 2.33. The van der Waals surface area contributed by atoms with Gasteiger partial charge < -0.3 is 10.1 Å². The van der Waals surface area contributed by atoms with Gasteiger partial charge in [0.1, 0.15) is 10.6 Å². The number of fused-ring (bicyclic) bond motifs is 1. The molecule has 6 nitrogen and oxygen atoms in total. The molecule has 0 fully saturated rings. The lowest BCUT2D eigenvalue weighted by Crippen LogP contribution is -2.23. The summed E-state index contributed by atoms with van der Waals surface area (Å²) in [7, 11) is 1.52. The molecule has 2 heterocycles. The van der Waals surface area contributed by atoms with E-state index >= 15 is 0 Å². The van der Waals surface area contributed by atoms with E-state index in [1.165, 1.54) is 30.2 Å². The Bertz CT molecular complexity index is 1430. The maximum Gasteiger partial charge on any atom is 0.263 e. The second-order valence-corrected chi connectivity index (χ2v) is 9.64. The van der Waals surface area contributed by atoms with Gasteiger partial charge in [-0.05, 0) is 24.1 Å². The molecule has 4 rings (SSSR count). The molecule has 0 spiro atoms. The highest BCUT2D eigenvalue weighted by Gasteiger charge is 2.18. The Balaban J connectivity index is 1.62. The Labute approximate surface area is 210 Å². The van der Waals surface area contributed by atoms with Gasteiger partial charge in [0, 0.05) is 28.6 Å². The van der Waals surface area contributed by atoms with Crippen molar-refractivity contribution in [1.29, 1.82) is 0 Å². The van der Waals surface area contributed by atoms with E-state index in [4.69, 9.17) is 21.3 Å². The van der Waals surface area contributed by atoms with Crippen molar-refractivity contribution in [2.24, 2.45) is 0 Å². The summed E-state index contributed by atoms with van der Waals surface area (Å²) in [4.78, 5) is 31.5. The van der Waals surface area contributed by atoms with Gasteiger partial charge in [-0.25, -0.2) is 4.98 Å². The number of methoxy groups -OCH3 is 1. The number of rotatable bonds is 8. The third-order valence-electron chi connectivity index (χ3n) is 5.14. The van der Waals surface area contributed by atoms with Gasteiger partial charge in [0.2, 0.25) is 5.91 Å². The highest BCUT2D eigenvalue weighted by molar-refractivity contribution is 7.99. The summed E-state index contributed by atoms with van der Waals surface area (Å²) in [6, 6.07) is 13.2. The summed E-state index contributed by atoms with van der Waals surface area (Å²) < 4.78 is 6.88. The number of carbonyl (C=O) groups is 1. The smallest absolute Gasteiger partial charge is 0.263 e. The number of allylic oxidation sites excluding steroid dienone is 1. The first-order valence-corrected chi connectivity index (χ1v) is 12.6. The quantitative estimate of drug-likeness (QED) is 0.178. The van der Waals surface area contributed by atoms with Crippen LogP contribution in [0.4, 0.5) is 5.69 Å². The maximum atomic E-state index is 13.4. The number of ether oxygens (including phenoxy) is 1. The second-order valence-electron chi connectivity index (χ2n) is 7.43. The molecule has 2 aromatic heterocycles. The van der Waals surface area contributed by atoms with Crippen molar-refractivity contribution in [2.75, 3.05) is 18.2 Å². The van der Waals surface area contributed by atoms with Crippen molar-refractivity contribution in [3.63, 3.8) is 0 Å². The summed E-state index contributed by atoms with van der Waals surface area (Å²) >= 11 is 8.76. The van der Waals surface area contributed by atoms with E-state index in [9.17, 15) is 9.59 Å². The van der Waals surface area contributed by atoms with Gasteiger partial charge in [-0.3, -0.25) is 14.2 Å². The SMILES string of the molecule is C=CCn1c(SCC(=O)Nc2cc(C)c(Cl)cc2OC)nc2scc(-c3ccccc3)c2c1=O. The predicted molar refractivity (Wildman–Crippen MR) is 142 cm³/mol. The molecule has 34 heavy (non-hydrogen) atoms. The molecule has 1 amide bonds. The van der Waals surface area contributed by atoms with Gasteiger partial charge >= 0.3 is 0 Å². The van der Waals surface area contributed by atoms with E-state index in [1.807, 2.05) is 42.6 Å². The molecule has 0 aliphatic rings. The number of nitrogens with one attached hydrogen (secondary N) is 1. The normalized spacial score (nSPS) is 10.9. The topological polar surface area (TPSA) is 73.2 Å². The zero-order valence-corrected chi connectivity index (χ0v) is 21.0. The van der Waals surface area contributed by atoms with Crippen LogP contribution in [0.2, 0.25) is 5.02 Å². The largest absolute Gasteiger partial charge is 0.495 e. The minimum atomic E-state index is -0.249. The van der Waals surface area contributed by atoms with Crippen molar-refractivity contribution in [3.8, 4) is 16.9 Å². The summed E-state index contributed by atoms with van der Waals surface area (Å²) in [6.45, 7) is 5.92. The van der Waals surface area contributed by atoms with E-state index in [1.54, 1.807) is 22.8 Å². The predicted octanol–water partition coefficient (Wildman–Crippen LogP) is 6.01. The van der Waals surface area contributed by atoms with Crippen molar-refractivity contribution in [1.82, 2.24) is 9.55 Å². The summed E-state index contributed by atoms with van der Waals surface area (Å²) in [6.07, 6.45) is 1.65. The fourth-order valence-electron chi connectivity index (χ4n) is 3.48. The number of hydrogen-bond acceptors (Lipinski definition) is 6. The average molecular weight is 512 g/mol. The van der Waals surface area contributed by atoms with Crippen molar-refractivity contribution >= 4 is 56.5 Å². The molecular weight excluding hydrogens is 490 g/mol. The van der Waals surface area contributed by atoms with Crippen LogP contribution in [0.3, 0.4) is 0 Å². The second kappa shape index (κ2) is 10.5. The number of aromatic nitrogens is 2. The molecule has 0 unspecified atom stereocenters. The molecule has 9 heteroatoms. The molecular formula is C25H22ClN3O3S2. The molecule has 4 aromatic rings. The molecule has 0 aliphatic heterocycles. The van der Waals surface area contributed by atoms with E-state index in [0.717, 1.165) is 16.7 Å². The van der Waals surface area contributed by atoms with Crippen LogP contribution >= 0.6 is 34.7 Å². The van der Waals surface area contributed by atoms with Crippen LogP contribution in [0.15, 0.2) is 70.5 Å². The number of nitrogens with zero attached hydrogens (tertiary/aromatic N) is 2. The number of anilines is 1. The zero-order chi connectivity index (χ0) is 24.2. The standard InChI is InChI=1S/C25H22ClN3O3S2/c1-4-10-29-24(31)22-17(16-8-6-5-7-9-16)13-33-23(22)28-25(29)34-14-21(30)27-19-11-15(2)18(26)12-20(19)32-3/h4-9,11-13H,1,10,14H2,2-3H3,(H,27,30). The fraction of sp³-hybridized carbons (Fsp3) is 0.160. The average Bonchev–Trinajstić information content (AvgIpc) is 3.27. The van der Waals surface area contributed by atoms with Crippen LogP contribution in [-0.2, 0) is 11.3 Å². The van der Waals surface area contributed by atoms with E-state index in [2.05, 4.69) is 11.9 Å². The summed E-state index contributed by atoms with van der Waals surface area (Å²) in [5.74, 6) is 0.293. The Morgan fingerprint density at radius 1 is 1.32 bits per heavy atom. The molecule has 174 valence electrons. The number of aryl methyl sites for hydroxylation is 1. The summed E-state index contributed by atoms with van der Waals surface area (Å²) in [5, 5.41) is 6.40. The number of hydrogen-bond donors (Lipinski definition) is 1. The van der Waals surface area contributed by atoms with Gasteiger partial charge in [-0.2, -0.15) is 0 Å². The molecule has 0 bridgehead atoms. The van der Waals surface area contributed by atoms with Crippen LogP contribution in [-0.4, -0.2) is 28.3 Å². The van der Waals surface area contributed by atoms with Crippen molar-refractivity contribution in [2.45, 2.75) is 18.6 Å². The fourth-order valence-corrected chi connectivity index (χ4v) is 5.43. The highest BCUT2D eigenvalue weighted by atomic mass is 35.5. The number of amides is 1. The molecule has 0 saturated carbocycles. The van der Waals surface area contributed by atoms with Gasteiger partial charge in [0.05, 0.1) is 23.9 Å². The van der Waals surface area contributed by atoms with Crippen LogP contribution < -0.4 is 15.6 Å². The monoisotopic (exact) mass is 511 g/mol. The van der Waals surface area contributed by atoms with Gasteiger partial charge in [0.25, 0.3) is 5.56 Å². The first-order chi connectivity index (χ1) is 16.4. The number of thiophene rings is 1. The number of thioether (sulfide) groups is 1. The van der Waals surface area contributed by atoms with Crippen LogP contribution in [0.5, 0.6) is 5.75 Å². The molecule has 2 aromatic carbocycles. The molecule has 0 radical (unpaired) electrons. The number of halogens is 1. The van der Waals surface area contributed by atoms with Crippen LogP contribution in [0.1, 0.15) is 5.56 Å². The Hall–Kier alpha value is -3.07. The minimum Gasteiger partial charge on any atom is -0.495 e. The summed E-state index contributed by atoms with van der Waals surface area (Å²) in [5.41, 5.74) is 3.03. The van der Waals surface area contributed by atoms with E-state index in [-0.39, 0.29) is 17.2 Å². The third-order valence-corrected chi connectivity index (χ3v) is 7.40. The lowest BCUT2D eigenvalue weighted by Gasteiger charge is -2.13. The Kier molecular flexibility index (Phi) is 7.41. The zero-order valence-electron chi connectivity index (χ0n) is 18.6. The minimum absolute atomic E-state index is 0.0663. The molecule has 0 saturated heterocycles. The Morgan fingerprint density at radius 3 is 2.79 bits per heavy atom. The van der Waals surface area contributed by atoms with E-state index in [0.29, 0.717) is 38.4 Å². The van der Waals surface area contributed by atoms with Crippen molar-refractivity contribution < 1.29 is 9.53 Å². The first-order valence-electron chi connectivity index (χ1n) is 10.4. The molecule has 1 N–H and O–H groups in total. The molecule has 0 atom stereocenters. The van der Waals surface area contributed by atoms with Crippen LogP contribution in [0.25, 0.3) is 21.3 Å². The van der Waals surface area contributed by atoms with E-state index < -0.39 is 0 Å². The van der Waals surface area contributed by atoms with Crippen LogP contribution in [0, 0.1) is 6.92 Å². The van der Waals surface area contributed by atoms with Gasteiger partial charge in [-0.15, -0.1) is 17.9 Å². The number of carbonyl (C=O) groups excluding carboxylic acids is 1. The lowest BCUT2D eigenvalue weighted by molar-refractivity contribution is -0.113. The third kappa shape index (κ3) is 4.89. The first kappa shape index (κ1) is 24.1.